The van der Waals surface area contributed by atoms with Crippen molar-refractivity contribution in [2.75, 3.05) is 0 Å². The topological polar surface area (TPSA) is 20.2 Å². The van der Waals surface area contributed by atoms with Gasteiger partial charge in [-0.15, -0.1) is 0 Å². The van der Waals surface area contributed by atoms with Crippen LogP contribution in [-0.4, -0.2) is 11.2 Å². The average Bonchev–Trinajstić information content (AvgIpc) is 2.03. The molecule has 64 valence electrons. The van der Waals surface area contributed by atoms with E-state index >= 15 is 0 Å². The van der Waals surface area contributed by atoms with E-state index in [0.29, 0.717) is 5.92 Å². The van der Waals surface area contributed by atoms with Gasteiger partial charge in [-0.05, 0) is 32.1 Å². The molecule has 11 heavy (non-hydrogen) atoms. The third kappa shape index (κ3) is 2.66. The van der Waals surface area contributed by atoms with Crippen LogP contribution in [0.4, 0.5) is 0 Å². The van der Waals surface area contributed by atoms with Crippen molar-refractivity contribution in [1.82, 2.24) is 0 Å². The molecule has 0 aromatic rings. The Morgan fingerprint density at radius 3 is 2.73 bits per heavy atom. The first-order valence-electron chi connectivity index (χ1n) is 4.64. The largest absolute Gasteiger partial charge is 0.393 e. The zero-order valence-corrected chi connectivity index (χ0v) is 7.29. The number of aliphatic hydroxyl groups excluding tert-OH is 1. The van der Waals surface area contributed by atoms with Crippen LogP contribution in [0.15, 0.2) is 12.2 Å². The lowest BCUT2D eigenvalue weighted by atomic mass is 9.84. The van der Waals surface area contributed by atoms with E-state index in [1.807, 2.05) is 6.92 Å². The second-order valence-corrected chi connectivity index (χ2v) is 3.42. The van der Waals surface area contributed by atoms with E-state index in [4.69, 9.17) is 0 Å². The van der Waals surface area contributed by atoms with Crippen LogP contribution in [0, 0.1) is 5.92 Å². The summed E-state index contributed by atoms with van der Waals surface area (Å²) in [6.07, 6.45) is 10.0. The van der Waals surface area contributed by atoms with Crippen LogP contribution in [0.3, 0.4) is 0 Å². The molecule has 0 radical (unpaired) electrons. The molecule has 0 spiro atoms. The molecule has 0 saturated heterocycles. The van der Waals surface area contributed by atoms with Gasteiger partial charge in [0.15, 0.2) is 0 Å². The molecule has 0 heterocycles. The fourth-order valence-corrected chi connectivity index (χ4v) is 1.77. The molecule has 1 aliphatic carbocycles. The van der Waals surface area contributed by atoms with Gasteiger partial charge in [0, 0.05) is 0 Å². The molecule has 1 rings (SSSR count). The summed E-state index contributed by atoms with van der Waals surface area (Å²) in [4.78, 5) is 0. The van der Waals surface area contributed by atoms with Gasteiger partial charge in [0.1, 0.15) is 0 Å². The van der Waals surface area contributed by atoms with E-state index in [9.17, 15) is 5.11 Å². The van der Waals surface area contributed by atoms with Crippen LogP contribution in [0.5, 0.6) is 0 Å². The molecule has 0 amide bonds. The minimum Gasteiger partial charge on any atom is -0.393 e. The van der Waals surface area contributed by atoms with Crippen molar-refractivity contribution in [3.8, 4) is 0 Å². The molecule has 1 aliphatic rings. The highest BCUT2D eigenvalue weighted by atomic mass is 16.3. The van der Waals surface area contributed by atoms with E-state index in [2.05, 4.69) is 12.2 Å². The predicted octanol–water partition coefficient (Wildman–Crippen LogP) is 2.50. The first kappa shape index (κ1) is 8.79. The maximum atomic E-state index is 9.56. The van der Waals surface area contributed by atoms with Crippen molar-refractivity contribution in [3.63, 3.8) is 0 Å². The molecular formula is C10H18O. The third-order valence-corrected chi connectivity index (χ3v) is 2.54. The van der Waals surface area contributed by atoms with Gasteiger partial charge in [-0.1, -0.05) is 25.0 Å². The molecule has 0 unspecified atom stereocenters. The maximum Gasteiger partial charge on any atom is 0.0571 e. The van der Waals surface area contributed by atoms with Crippen molar-refractivity contribution in [3.05, 3.63) is 12.2 Å². The van der Waals surface area contributed by atoms with Gasteiger partial charge in [-0.2, -0.15) is 0 Å². The molecule has 1 nitrogen and oxygen atoms in total. The van der Waals surface area contributed by atoms with Crippen LogP contribution >= 0.6 is 0 Å². The average molecular weight is 154 g/mol. The predicted molar refractivity (Wildman–Crippen MR) is 47.4 cm³/mol. The second kappa shape index (κ2) is 4.55. The van der Waals surface area contributed by atoms with Crippen molar-refractivity contribution >= 4 is 0 Å². The van der Waals surface area contributed by atoms with Crippen molar-refractivity contribution in [2.24, 2.45) is 5.92 Å². The highest BCUT2D eigenvalue weighted by molar-refractivity contribution is 4.85. The fourth-order valence-electron chi connectivity index (χ4n) is 1.77. The summed E-state index contributed by atoms with van der Waals surface area (Å²) in [5.41, 5.74) is 0. The minimum absolute atomic E-state index is 0.0278. The standard InChI is InChI=1S/C10H18O/c1-2-3-6-9-7-4-5-8-10(9)11/h2-3,9-11H,4-8H2,1H3/b3-2+/t9-,10-/m1/s1. The fraction of sp³-hybridized carbons (Fsp3) is 0.800. The lowest BCUT2D eigenvalue weighted by Crippen LogP contribution is -2.23. The van der Waals surface area contributed by atoms with Gasteiger partial charge in [0.05, 0.1) is 6.10 Å². The Morgan fingerprint density at radius 2 is 2.09 bits per heavy atom. The molecule has 0 aliphatic heterocycles. The number of allylic oxidation sites excluding steroid dienone is 2. The summed E-state index contributed by atoms with van der Waals surface area (Å²) in [6, 6.07) is 0. The normalized spacial score (nSPS) is 32.9. The number of hydrogen-bond donors (Lipinski definition) is 1. The van der Waals surface area contributed by atoms with Crippen LogP contribution in [0.1, 0.15) is 39.0 Å². The zero-order chi connectivity index (χ0) is 8.10. The molecule has 0 bridgehead atoms. The van der Waals surface area contributed by atoms with Gasteiger partial charge in [-0.25, -0.2) is 0 Å². The van der Waals surface area contributed by atoms with E-state index in [1.54, 1.807) is 0 Å². The van der Waals surface area contributed by atoms with E-state index in [1.165, 1.54) is 19.3 Å². The van der Waals surface area contributed by atoms with E-state index in [0.717, 1.165) is 12.8 Å². The van der Waals surface area contributed by atoms with Crippen molar-refractivity contribution in [2.45, 2.75) is 45.1 Å². The smallest absolute Gasteiger partial charge is 0.0571 e. The van der Waals surface area contributed by atoms with Crippen LogP contribution in [0.25, 0.3) is 0 Å². The first-order chi connectivity index (χ1) is 5.34. The Hall–Kier alpha value is -0.300. The van der Waals surface area contributed by atoms with Crippen molar-refractivity contribution in [1.29, 1.82) is 0 Å². The molecule has 2 atom stereocenters. The van der Waals surface area contributed by atoms with Gasteiger partial charge < -0.3 is 5.11 Å². The lowest BCUT2D eigenvalue weighted by Gasteiger charge is -2.26. The number of aliphatic hydroxyl groups is 1. The molecule has 1 heteroatoms. The van der Waals surface area contributed by atoms with Crippen LogP contribution in [-0.2, 0) is 0 Å². The summed E-state index contributed by atoms with van der Waals surface area (Å²) in [6.45, 7) is 2.04. The second-order valence-electron chi connectivity index (χ2n) is 3.42. The Balaban J connectivity index is 2.29. The van der Waals surface area contributed by atoms with Crippen LogP contribution < -0.4 is 0 Å². The van der Waals surface area contributed by atoms with Gasteiger partial charge in [0.2, 0.25) is 0 Å². The zero-order valence-electron chi connectivity index (χ0n) is 7.29. The quantitative estimate of drug-likeness (QED) is 0.606. The first-order valence-corrected chi connectivity index (χ1v) is 4.64. The van der Waals surface area contributed by atoms with E-state index in [-0.39, 0.29) is 6.10 Å². The van der Waals surface area contributed by atoms with Crippen LogP contribution in [0.2, 0.25) is 0 Å². The lowest BCUT2D eigenvalue weighted by molar-refractivity contribution is 0.0714. The number of rotatable bonds is 2. The molecule has 1 N–H and O–H groups in total. The summed E-state index contributed by atoms with van der Waals surface area (Å²) in [7, 11) is 0. The summed E-state index contributed by atoms with van der Waals surface area (Å²) >= 11 is 0. The van der Waals surface area contributed by atoms with Gasteiger partial charge >= 0.3 is 0 Å². The van der Waals surface area contributed by atoms with Crippen molar-refractivity contribution < 1.29 is 5.11 Å². The molecular weight excluding hydrogens is 136 g/mol. The minimum atomic E-state index is -0.0278. The molecule has 0 aromatic heterocycles. The van der Waals surface area contributed by atoms with Gasteiger partial charge in [0.25, 0.3) is 0 Å². The Labute approximate surface area is 69.1 Å². The maximum absolute atomic E-state index is 9.56. The summed E-state index contributed by atoms with van der Waals surface area (Å²) < 4.78 is 0. The van der Waals surface area contributed by atoms with E-state index < -0.39 is 0 Å². The SMILES string of the molecule is C/C=C/C[C@@H]1CCCC[C@H]1O. The highest BCUT2D eigenvalue weighted by Crippen LogP contribution is 2.26. The number of hydrogen-bond acceptors (Lipinski definition) is 1. The van der Waals surface area contributed by atoms with Gasteiger partial charge in [-0.3, -0.25) is 0 Å². The molecule has 1 fully saturated rings. The molecule has 0 aromatic carbocycles. The summed E-state index contributed by atoms with van der Waals surface area (Å²) in [5.74, 6) is 0.542. The third-order valence-electron chi connectivity index (χ3n) is 2.54. The summed E-state index contributed by atoms with van der Waals surface area (Å²) in [5, 5.41) is 9.56. The monoisotopic (exact) mass is 154 g/mol. The Morgan fingerprint density at radius 1 is 1.36 bits per heavy atom. The Kier molecular flexibility index (Phi) is 3.64. The molecule has 1 saturated carbocycles. The Bertz CT molecular complexity index is 129. The highest BCUT2D eigenvalue weighted by Gasteiger charge is 2.21.